The highest BCUT2D eigenvalue weighted by atomic mass is 16.6. The molecule has 2 aliphatic rings. The van der Waals surface area contributed by atoms with Crippen LogP contribution in [0.3, 0.4) is 0 Å². The van der Waals surface area contributed by atoms with E-state index in [2.05, 4.69) is 0 Å². The zero-order valence-corrected chi connectivity index (χ0v) is 15.8. The minimum atomic E-state index is -0.810. The Bertz CT molecular complexity index is 554. The van der Waals surface area contributed by atoms with E-state index in [0.29, 0.717) is 13.0 Å². The van der Waals surface area contributed by atoms with E-state index in [1.165, 1.54) is 4.90 Å². The van der Waals surface area contributed by atoms with Crippen LogP contribution in [0.4, 0.5) is 9.59 Å². The minimum Gasteiger partial charge on any atom is -0.447 e. The molecule has 3 amide bonds. The Labute approximate surface area is 148 Å². The Morgan fingerprint density at radius 1 is 1.28 bits per heavy atom. The molecule has 0 unspecified atom stereocenters. The fourth-order valence-corrected chi connectivity index (χ4v) is 3.05. The van der Waals surface area contributed by atoms with Crippen LogP contribution < -0.4 is 0 Å². The number of imide groups is 1. The minimum absolute atomic E-state index is 0.128. The van der Waals surface area contributed by atoms with Gasteiger partial charge in [0.05, 0.1) is 18.7 Å². The summed E-state index contributed by atoms with van der Waals surface area (Å²) in [5, 5.41) is 0. The molecule has 2 aliphatic heterocycles. The maximum atomic E-state index is 12.5. The van der Waals surface area contributed by atoms with E-state index in [-0.39, 0.29) is 31.0 Å². The summed E-state index contributed by atoms with van der Waals surface area (Å²) in [6, 6.07) is -0.555. The van der Waals surface area contributed by atoms with E-state index in [0.717, 1.165) is 4.90 Å². The lowest BCUT2D eigenvalue weighted by molar-refractivity contribution is -0.129. The molecule has 0 spiro atoms. The molecule has 2 atom stereocenters. The molecular formula is C17H28N2O6. The van der Waals surface area contributed by atoms with Gasteiger partial charge in [0.2, 0.25) is 5.91 Å². The van der Waals surface area contributed by atoms with Gasteiger partial charge in [0.1, 0.15) is 17.9 Å². The lowest BCUT2D eigenvalue weighted by Gasteiger charge is -2.35. The van der Waals surface area contributed by atoms with Crippen LogP contribution in [-0.4, -0.2) is 64.5 Å². The largest absolute Gasteiger partial charge is 0.447 e. The maximum Gasteiger partial charge on any atom is 0.416 e. The van der Waals surface area contributed by atoms with Gasteiger partial charge in [-0.3, -0.25) is 9.69 Å². The van der Waals surface area contributed by atoms with Crippen LogP contribution in [0.25, 0.3) is 0 Å². The number of hydrogen-bond donors (Lipinski definition) is 0. The number of carbonyl (C=O) groups excluding carboxylic acids is 3. The number of carbonyl (C=O) groups is 3. The van der Waals surface area contributed by atoms with Gasteiger partial charge in [-0.05, 0) is 48.0 Å². The first-order valence-corrected chi connectivity index (χ1v) is 8.57. The topological polar surface area (TPSA) is 85.4 Å². The highest BCUT2D eigenvalue weighted by Gasteiger charge is 2.46. The van der Waals surface area contributed by atoms with Crippen LogP contribution in [0.1, 0.15) is 54.4 Å². The molecule has 0 N–H and O–H groups in total. The van der Waals surface area contributed by atoms with Gasteiger partial charge in [0.25, 0.3) is 0 Å². The third-order valence-electron chi connectivity index (χ3n) is 4.21. The van der Waals surface area contributed by atoms with Crippen molar-refractivity contribution in [1.82, 2.24) is 9.80 Å². The second-order valence-corrected chi connectivity index (χ2v) is 7.99. The van der Waals surface area contributed by atoms with Gasteiger partial charge in [0, 0.05) is 6.42 Å². The van der Waals surface area contributed by atoms with Crippen LogP contribution in [0, 0.1) is 0 Å². The predicted octanol–water partition coefficient (Wildman–Crippen LogP) is 2.51. The highest BCUT2D eigenvalue weighted by molar-refractivity contribution is 5.93. The molecule has 0 aromatic rings. The molecule has 2 fully saturated rings. The molecular weight excluding hydrogens is 328 g/mol. The van der Waals surface area contributed by atoms with Crippen molar-refractivity contribution in [1.29, 1.82) is 0 Å². The van der Waals surface area contributed by atoms with Crippen molar-refractivity contribution in [3.05, 3.63) is 0 Å². The average molecular weight is 356 g/mol. The molecule has 0 aromatic carbocycles. The predicted molar refractivity (Wildman–Crippen MR) is 88.8 cm³/mol. The first kappa shape index (κ1) is 19.5. The second-order valence-electron chi connectivity index (χ2n) is 7.99. The van der Waals surface area contributed by atoms with Crippen LogP contribution >= 0.6 is 0 Å². The zero-order valence-electron chi connectivity index (χ0n) is 15.8. The van der Waals surface area contributed by atoms with Gasteiger partial charge in [-0.25, -0.2) is 14.5 Å². The van der Waals surface area contributed by atoms with Crippen molar-refractivity contribution in [3.8, 4) is 0 Å². The van der Waals surface area contributed by atoms with Crippen molar-refractivity contribution >= 4 is 18.1 Å². The molecule has 8 nitrogen and oxygen atoms in total. The summed E-state index contributed by atoms with van der Waals surface area (Å²) in [4.78, 5) is 39.2. The lowest BCUT2D eigenvalue weighted by Crippen LogP contribution is -2.50. The third kappa shape index (κ3) is 4.42. The number of hydrogen-bond acceptors (Lipinski definition) is 6. The van der Waals surface area contributed by atoms with E-state index in [1.807, 2.05) is 0 Å². The van der Waals surface area contributed by atoms with E-state index in [4.69, 9.17) is 14.2 Å². The van der Waals surface area contributed by atoms with Crippen LogP contribution in [-0.2, 0) is 19.0 Å². The van der Waals surface area contributed by atoms with Crippen LogP contribution in [0.2, 0.25) is 0 Å². The standard InChI is InChI=1S/C17H28N2O6/c1-11-9-23-14(21)18(11)13(20)8-7-12-10-24-17(5,6)19(12)15(22)25-16(2,3)4/h11-12H,7-10H2,1-6H3/t11-,12+/m1/s1. The van der Waals surface area contributed by atoms with Gasteiger partial charge in [0.15, 0.2) is 0 Å². The summed E-state index contributed by atoms with van der Waals surface area (Å²) in [7, 11) is 0. The molecule has 0 bridgehead atoms. The number of ether oxygens (including phenoxy) is 3. The normalized spacial score (nSPS) is 25.9. The summed E-state index contributed by atoms with van der Waals surface area (Å²) < 4.78 is 16.1. The molecule has 2 rings (SSSR count). The van der Waals surface area contributed by atoms with Crippen LogP contribution in [0.15, 0.2) is 0 Å². The first-order chi connectivity index (χ1) is 11.4. The fraction of sp³-hybridized carbons (Fsp3) is 0.824. The van der Waals surface area contributed by atoms with Crippen molar-refractivity contribution in [3.63, 3.8) is 0 Å². The number of cyclic esters (lactones) is 1. The summed E-state index contributed by atoms with van der Waals surface area (Å²) in [6.07, 6.45) is -0.563. The second kappa shape index (κ2) is 6.82. The molecule has 0 saturated carbocycles. The lowest BCUT2D eigenvalue weighted by atomic mass is 10.1. The monoisotopic (exact) mass is 356 g/mol. The number of nitrogens with zero attached hydrogens (tertiary/aromatic N) is 2. The van der Waals surface area contributed by atoms with E-state index < -0.39 is 23.5 Å². The smallest absolute Gasteiger partial charge is 0.416 e. The third-order valence-corrected chi connectivity index (χ3v) is 4.21. The van der Waals surface area contributed by atoms with Crippen molar-refractivity contribution in [2.45, 2.75) is 77.8 Å². The molecule has 8 heteroatoms. The van der Waals surface area contributed by atoms with Crippen molar-refractivity contribution in [2.75, 3.05) is 13.2 Å². The Hall–Kier alpha value is -1.83. The quantitative estimate of drug-likeness (QED) is 0.772. The Kier molecular flexibility index (Phi) is 5.32. The molecule has 2 saturated heterocycles. The van der Waals surface area contributed by atoms with E-state index in [1.54, 1.807) is 41.5 Å². The number of rotatable bonds is 3. The summed E-state index contributed by atoms with van der Waals surface area (Å²) in [5.41, 5.74) is -1.43. The fourth-order valence-electron chi connectivity index (χ4n) is 3.05. The Morgan fingerprint density at radius 3 is 2.44 bits per heavy atom. The van der Waals surface area contributed by atoms with Crippen molar-refractivity contribution in [2.24, 2.45) is 0 Å². The highest BCUT2D eigenvalue weighted by Crippen LogP contribution is 2.31. The summed E-state index contributed by atoms with van der Waals surface area (Å²) >= 11 is 0. The molecule has 0 aliphatic carbocycles. The molecule has 25 heavy (non-hydrogen) atoms. The van der Waals surface area contributed by atoms with E-state index in [9.17, 15) is 14.4 Å². The SMILES string of the molecule is C[C@@H]1COC(=O)N1C(=O)CC[C@H]1COC(C)(C)N1C(=O)OC(C)(C)C. The molecule has 0 aromatic heterocycles. The van der Waals surface area contributed by atoms with Crippen LogP contribution in [0.5, 0.6) is 0 Å². The average Bonchev–Trinajstić information content (AvgIpc) is 2.93. The maximum absolute atomic E-state index is 12.5. The first-order valence-electron chi connectivity index (χ1n) is 8.57. The van der Waals surface area contributed by atoms with E-state index >= 15 is 0 Å². The molecule has 2 heterocycles. The summed E-state index contributed by atoms with van der Waals surface area (Å²) in [5.74, 6) is -0.302. The van der Waals surface area contributed by atoms with Gasteiger partial charge in [-0.2, -0.15) is 0 Å². The Balaban J connectivity index is 2.01. The zero-order chi connectivity index (χ0) is 19.0. The molecule has 142 valence electrons. The van der Waals surface area contributed by atoms with Gasteiger partial charge < -0.3 is 14.2 Å². The van der Waals surface area contributed by atoms with Gasteiger partial charge in [-0.1, -0.05) is 0 Å². The number of amides is 3. The van der Waals surface area contributed by atoms with Crippen molar-refractivity contribution < 1.29 is 28.6 Å². The van der Waals surface area contributed by atoms with Gasteiger partial charge >= 0.3 is 12.2 Å². The molecule has 0 radical (unpaired) electrons. The summed E-state index contributed by atoms with van der Waals surface area (Å²) in [6.45, 7) is 11.3. The Morgan fingerprint density at radius 2 is 1.92 bits per heavy atom. The van der Waals surface area contributed by atoms with Gasteiger partial charge in [-0.15, -0.1) is 0 Å².